The van der Waals surface area contributed by atoms with E-state index < -0.39 is 21.7 Å². The van der Waals surface area contributed by atoms with Crippen LogP contribution in [0.5, 0.6) is 0 Å². The second-order valence-electron chi connectivity index (χ2n) is 9.36. The first-order valence-electron chi connectivity index (χ1n) is 12.6. The molecule has 0 fully saturated rings. The monoisotopic (exact) mass is 567 g/mol. The Hall–Kier alpha value is -2.91. The summed E-state index contributed by atoms with van der Waals surface area (Å²) >= 11 is -2.88. The molecule has 185 valence electrons. The Morgan fingerprint density at radius 1 is 0.553 bits per heavy atom. The van der Waals surface area contributed by atoms with Crippen molar-refractivity contribution in [3.05, 3.63) is 178 Å². The zero-order chi connectivity index (χ0) is 26.0. The molecule has 0 saturated carbocycles. The number of halogens is 2. The summed E-state index contributed by atoms with van der Waals surface area (Å²) in [6.45, 7) is 0. The van der Waals surface area contributed by atoms with Crippen LogP contribution in [0, 0.1) is 0 Å². The van der Waals surface area contributed by atoms with E-state index in [4.69, 9.17) is 21.9 Å². The molecule has 1 aliphatic rings. The molecule has 4 heteroatoms. The van der Waals surface area contributed by atoms with Crippen molar-refractivity contribution in [2.75, 3.05) is 0 Å². The van der Waals surface area contributed by atoms with Gasteiger partial charge >= 0.3 is 240 Å². The van der Waals surface area contributed by atoms with Crippen LogP contribution in [0.3, 0.4) is 0 Å². The molecule has 5 aromatic carbocycles. The van der Waals surface area contributed by atoms with Crippen LogP contribution < -0.4 is 0 Å². The molecule has 0 amide bonds. The summed E-state index contributed by atoms with van der Waals surface area (Å²) in [5.41, 5.74) is 8.25. The van der Waals surface area contributed by atoms with Gasteiger partial charge in [0.25, 0.3) is 0 Å². The maximum absolute atomic E-state index is 6.80. The molecule has 0 aromatic heterocycles. The maximum atomic E-state index is 6.80. The molecule has 1 aliphatic carbocycles. The fourth-order valence-electron chi connectivity index (χ4n) is 5.72. The van der Waals surface area contributed by atoms with Crippen LogP contribution >= 0.6 is 18.6 Å². The number of hydrogen-bond donors (Lipinski definition) is 0. The summed E-state index contributed by atoms with van der Waals surface area (Å²) in [4.78, 5) is 0. The zero-order valence-electron chi connectivity index (χ0n) is 20.6. The molecule has 1 atom stereocenters. The predicted octanol–water partition coefficient (Wildman–Crippen LogP) is 9.52. The fourth-order valence-corrected chi connectivity index (χ4v) is 7.58. The molecule has 0 aliphatic heterocycles. The van der Waals surface area contributed by atoms with Gasteiger partial charge in [-0.05, 0) is 0 Å². The Bertz CT molecular complexity index is 1530. The molecule has 1 nitrogen and oxygen atoms in total. The molecule has 6 rings (SSSR count). The van der Waals surface area contributed by atoms with E-state index in [0.29, 0.717) is 0 Å². The van der Waals surface area contributed by atoms with Crippen LogP contribution in [0.1, 0.15) is 44.9 Å². The minimum absolute atomic E-state index is 0.0225. The van der Waals surface area contributed by atoms with Crippen molar-refractivity contribution in [1.82, 2.24) is 0 Å². The number of allylic oxidation sites excluding steroid dienone is 1. The number of rotatable bonds is 7. The third-order valence-electron chi connectivity index (χ3n) is 7.28. The van der Waals surface area contributed by atoms with Crippen molar-refractivity contribution >= 4 is 30.3 Å². The van der Waals surface area contributed by atoms with Crippen molar-refractivity contribution in [2.24, 2.45) is 0 Å². The standard InChI is InChI=1S/C34H25O.2ClH.Ti/c35-34(27-17-6-2-7-18-27,28-19-8-3-9-20-28)32-23-13-12-22-30(32)33-29-21-11-10-16-26(29)24-31(33)25-14-4-1-5-15-25;;;/h1-24,33H;2*1H;/q-1;;;+3/p-2. The topological polar surface area (TPSA) is 9.23 Å². The second-order valence-corrected chi connectivity index (χ2v) is 14.0. The van der Waals surface area contributed by atoms with E-state index in [1.54, 1.807) is 0 Å². The van der Waals surface area contributed by atoms with Gasteiger partial charge in [-0.2, -0.15) is 0 Å². The molecule has 0 radical (unpaired) electrons. The van der Waals surface area contributed by atoms with Gasteiger partial charge in [0.05, 0.1) is 0 Å². The summed E-state index contributed by atoms with van der Waals surface area (Å²) in [5.74, 6) is 0.0225. The van der Waals surface area contributed by atoms with Crippen molar-refractivity contribution in [3.8, 4) is 0 Å². The van der Waals surface area contributed by atoms with Crippen molar-refractivity contribution in [1.29, 1.82) is 0 Å². The van der Waals surface area contributed by atoms with Crippen LogP contribution in [-0.2, 0) is 25.1 Å². The second kappa shape index (κ2) is 11.1. The van der Waals surface area contributed by atoms with Gasteiger partial charge < -0.3 is 0 Å². The number of fused-ring (bicyclic) bond motifs is 1. The van der Waals surface area contributed by atoms with Crippen LogP contribution in [0.2, 0.25) is 0 Å². The molecule has 0 N–H and O–H groups in total. The zero-order valence-corrected chi connectivity index (χ0v) is 23.7. The summed E-state index contributed by atoms with van der Waals surface area (Å²) in [7, 11) is 13.3. The molecule has 1 unspecified atom stereocenters. The summed E-state index contributed by atoms with van der Waals surface area (Å²) in [5, 5.41) is 0. The van der Waals surface area contributed by atoms with Gasteiger partial charge in [-0.3, -0.25) is 0 Å². The van der Waals surface area contributed by atoms with Crippen molar-refractivity contribution in [2.45, 2.75) is 11.5 Å². The van der Waals surface area contributed by atoms with E-state index >= 15 is 0 Å². The minimum atomic E-state index is -2.88. The Morgan fingerprint density at radius 3 is 1.66 bits per heavy atom. The van der Waals surface area contributed by atoms with Gasteiger partial charge in [-0.1, -0.05) is 0 Å². The quantitative estimate of drug-likeness (QED) is 0.140. The molecular weight excluding hydrogens is 543 g/mol. The van der Waals surface area contributed by atoms with Gasteiger partial charge in [-0.25, -0.2) is 0 Å². The first-order chi connectivity index (χ1) is 18.7. The van der Waals surface area contributed by atoms with Crippen LogP contribution in [0.4, 0.5) is 0 Å². The summed E-state index contributed by atoms with van der Waals surface area (Å²) < 4.78 is 6.80. The van der Waals surface area contributed by atoms with Gasteiger partial charge in [0.2, 0.25) is 0 Å². The third-order valence-corrected chi connectivity index (χ3v) is 8.63. The molecule has 5 aromatic rings. The normalized spacial score (nSPS) is 14.6. The molecular formula is C34H25Cl2OTi. The van der Waals surface area contributed by atoms with Gasteiger partial charge in [-0.15, -0.1) is 0 Å². The van der Waals surface area contributed by atoms with Crippen LogP contribution in [0.25, 0.3) is 11.6 Å². The first kappa shape index (κ1) is 25.4. The van der Waals surface area contributed by atoms with Gasteiger partial charge in [0.15, 0.2) is 0 Å². The summed E-state index contributed by atoms with van der Waals surface area (Å²) in [6, 6.07) is 48.5. The average molecular weight is 568 g/mol. The van der Waals surface area contributed by atoms with E-state index in [1.807, 2.05) is 36.4 Å². The van der Waals surface area contributed by atoms with E-state index in [-0.39, 0.29) is 5.92 Å². The Balaban J connectivity index is 1.66. The number of hydrogen-bond acceptors (Lipinski definition) is 1. The first-order valence-corrected chi connectivity index (χ1v) is 17.6. The van der Waals surface area contributed by atoms with E-state index in [0.717, 1.165) is 16.7 Å². The SMILES string of the molecule is [Cl][Ti]([Cl])[O]C(c1ccccc1)(c1ccccc1)c1ccccc1C1C(c2ccccc2)=Cc2ccccc21. The Labute approximate surface area is 238 Å². The molecule has 0 saturated heterocycles. The molecule has 0 spiro atoms. The van der Waals surface area contributed by atoms with E-state index in [2.05, 4.69) is 109 Å². The average Bonchev–Trinajstić information content (AvgIpc) is 3.37. The van der Waals surface area contributed by atoms with Gasteiger partial charge in [0.1, 0.15) is 0 Å². The summed E-state index contributed by atoms with van der Waals surface area (Å²) in [6.07, 6.45) is 2.32. The van der Waals surface area contributed by atoms with Crippen molar-refractivity contribution < 1.29 is 19.5 Å². The molecule has 0 bridgehead atoms. The fraction of sp³-hybridized carbons (Fsp3) is 0.0588. The predicted molar refractivity (Wildman–Crippen MR) is 155 cm³/mol. The number of benzene rings is 5. The van der Waals surface area contributed by atoms with E-state index in [9.17, 15) is 0 Å². The Kier molecular flexibility index (Phi) is 7.39. The van der Waals surface area contributed by atoms with Crippen LogP contribution in [-0.4, -0.2) is 0 Å². The third kappa shape index (κ3) is 4.60. The van der Waals surface area contributed by atoms with Gasteiger partial charge in [0, 0.05) is 0 Å². The molecule has 38 heavy (non-hydrogen) atoms. The Morgan fingerprint density at radius 2 is 1.05 bits per heavy atom. The van der Waals surface area contributed by atoms with E-state index in [1.165, 1.54) is 27.8 Å². The molecule has 0 heterocycles. The van der Waals surface area contributed by atoms with Crippen LogP contribution in [0.15, 0.2) is 140 Å². The van der Waals surface area contributed by atoms with Crippen molar-refractivity contribution in [3.63, 3.8) is 0 Å².